The van der Waals surface area contributed by atoms with Crippen molar-refractivity contribution in [2.45, 2.75) is 6.92 Å². The van der Waals surface area contributed by atoms with Crippen LogP contribution in [0, 0.1) is 0 Å². The number of hydrogen-bond acceptors (Lipinski definition) is 3. The lowest BCUT2D eigenvalue weighted by atomic mass is 10.4. The molecule has 0 amide bonds. The first-order valence-electron chi connectivity index (χ1n) is 2.46. The molecule has 0 saturated carbocycles. The molecule has 1 N–H and O–H groups in total. The molecule has 0 unspecified atom stereocenters. The van der Waals surface area contributed by atoms with Gasteiger partial charge in [-0.05, 0) is 6.92 Å². The second kappa shape index (κ2) is 5.05. The van der Waals surface area contributed by atoms with Crippen molar-refractivity contribution >= 4 is 5.97 Å². The summed E-state index contributed by atoms with van der Waals surface area (Å²) < 4.78 is 0. The van der Waals surface area contributed by atoms with Crippen LogP contribution < -0.4 is 0 Å². The molecule has 0 saturated heterocycles. The standard InChI is InChI=1S/C6H8O3/c1-2-3-4-5-6(7)9-8/h2-5,8H,1H3. The minimum absolute atomic E-state index is 0.770. The molecular formula is C6H8O3. The van der Waals surface area contributed by atoms with E-state index in [4.69, 9.17) is 5.26 Å². The number of allylic oxidation sites excluding steroid dienone is 3. The summed E-state index contributed by atoms with van der Waals surface area (Å²) in [6.45, 7) is 1.81. The zero-order chi connectivity index (χ0) is 7.11. The summed E-state index contributed by atoms with van der Waals surface area (Å²) in [6, 6.07) is 0. The van der Waals surface area contributed by atoms with E-state index < -0.39 is 5.97 Å². The van der Waals surface area contributed by atoms with Crippen molar-refractivity contribution in [2.75, 3.05) is 0 Å². The van der Waals surface area contributed by atoms with Gasteiger partial charge in [0.2, 0.25) is 0 Å². The molecule has 0 aliphatic rings. The fourth-order valence-electron chi connectivity index (χ4n) is 0.276. The van der Waals surface area contributed by atoms with Gasteiger partial charge in [0.15, 0.2) is 0 Å². The van der Waals surface area contributed by atoms with E-state index in [0.29, 0.717) is 0 Å². The molecule has 0 aromatic heterocycles. The van der Waals surface area contributed by atoms with Gasteiger partial charge < -0.3 is 0 Å². The largest absolute Gasteiger partial charge is 0.365 e. The first kappa shape index (κ1) is 7.91. The minimum atomic E-state index is -0.770. The molecule has 0 atom stereocenters. The van der Waals surface area contributed by atoms with Crippen LogP contribution in [0.3, 0.4) is 0 Å². The Hall–Kier alpha value is -1.09. The zero-order valence-corrected chi connectivity index (χ0v) is 5.07. The summed E-state index contributed by atoms with van der Waals surface area (Å²) in [5.74, 6) is -0.770. The van der Waals surface area contributed by atoms with Gasteiger partial charge in [0.25, 0.3) is 0 Å². The molecule has 0 rings (SSSR count). The van der Waals surface area contributed by atoms with Gasteiger partial charge in [-0.15, -0.1) is 0 Å². The minimum Gasteiger partial charge on any atom is -0.296 e. The van der Waals surface area contributed by atoms with E-state index in [1.54, 1.807) is 12.2 Å². The summed E-state index contributed by atoms with van der Waals surface area (Å²) in [5.41, 5.74) is 0. The summed E-state index contributed by atoms with van der Waals surface area (Å²) in [5, 5.41) is 7.71. The molecule has 0 aromatic rings. The maximum atomic E-state index is 10.1. The van der Waals surface area contributed by atoms with E-state index in [1.165, 1.54) is 6.08 Å². The highest BCUT2D eigenvalue weighted by atomic mass is 17.1. The van der Waals surface area contributed by atoms with Crippen LogP contribution in [0.15, 0.2) is 24.3 Å². The fourth-order valence-corrected chi connectivity index (χ4v) is 0.276. The Labute approximate surface area is 53.2 Å². The Kier molecular flexibility index (Phi) is 4.44. The topological polar surface area (TPSA) is 46.5 Å². The van der Waals surface area contributed by atoms with Gasteiger partial charge in [-0.1, -0.05) is 18.2 Å². The van der Waals surface area contributed by atoms with Gasteiger partial charge >= 0.3 is 5.97 Å². The second-order valence-corrected chi connectivity index (χ2v) is 1.30. The predicted molar refractivity (Wildman–Crippen MR) is 32.7 cm³/mol. The fraction of sp³-hybridized carbons (Fsp3) is 0.167. The van der Waals surface area contributed by atoms with Crippen molar-refractivity contribution in [1.82, 2.24) is 0 Å². The van der Waals surface area contributed by atoms with Crippen molar-refractivity contribution in [2.24, 2.45) is 0 Å². The lowest BCUT2D eigenvalue weighted by Gasteiger charge is -1.81. The third kappa shape index (κ3) is 4.77. The molecule has 3 heteroatoms. The lowest BCUT2D eigenvalue weighted by Crippen LogP contribution is -1.93. The van der Waals surface area contributed by atoms with Crippen LogP contribution in [0.1, 0.15) is 6.92 Å². The first-order chi connectivity index (χ1) is 4.31. The smallest absolute Gasteiger partial charge is 0.296 e. The normalized spacial score (nSPS) is 10.9. The molecular weight excluding hydrogens is 120 g/mol. The van der Waals surface area contributed by atoms with Gasteiger partial charge in [0, 0.05) is 6.08 Å². The Balaban J connectivity index is 3.57. The Bertz CT molecular complexity index is 135. The summed E-state index contributed by atoms with van der Waals surface area (Å²) in [7, 11) is 0. The monoisotopic (exact) mass is 128 g/mol. The third-order valence-electron chi connectivity index (χ3n) is 0.626. The maximum Gasteiger partial charge on any atom is 0.365 e. The molecule has 9 heavy (non-hydrogen) atoms. The number of hydrogen-bond donors (Lipinski definition) is 1. The van der Waals surface area contributed by atoms with Gasteiger partial charge in [-0.25, -0.2) is 4.79 Å². The van der Waals surface area contributed by atoms with E-state index in [0.717, 1.165) is 6.08 Å². The van der Waals surface area contributed by atoms with Crippen molar-refractivity contribution < 1.29 is 14.9 Å². The highest BCUT2D eigenvalue weighted by molar-refractivity contribution is 5.81. The molecule has 0 heterocycles. The van der Waals surface area contributed by atoms with Gasteiger partial charge in [-0.2, -0.15) is 5.26 Å². The van der Waals surface area contributed by atoms with Crippen molar-refractivity contribution in [3.05, 3.63) is 24.3 Å². The highest BCUT2D eigenvalue weighted by Gasteiger charge is 1.88. The quantitative estimate of drug-likeness (QED) is 0.262. The van der Waals surface area contributed by atoms with Crippen LogP contribution in [-0.2, 0) is 9.68 Å². The molecule has 0 radical (unpaired) electrons. The van der Waals surface area contributed by atoms with Crippen molar-refractivity contribution in [3.63, 3.8) is 0 Å². The van der Waals surface area contributed by atoms with Gasteiger partial charge in [0.05, 0.1) is 0 Å². The molecule has 3 nitrogen and oxygen atoms in total. The summed E-state index contributed by atoms with van der Waals surface area (Å²) in [4.78, 5) is 13.4. The number of rotatable bonds is 2. The average Bonchev–Trinajstić information content (AvgIpc) is 1.89. The molecule has 0 aromatic carbocycles. The second-order valence-electron chi connectivity index (χ2n) is 1.30. The summed E-state index contributed by atoms with van der Waals surface area (Å²) >= 11 is 0. The average molecular weight is 128 g/mol. The molecule has 0 bridgehead atoms. The first-order valence-corrected chi connectivity index (χ1v) is 2.46. The zero-order valence-electron chi connectivity index (χ0n) is 5.07. The van der Waals surface area contributed by atoms with Crippen LogP contribution in [-0.4, -0.2) is 11.2 Å². The number of carbonyl (C=O) groups is 1. The third-order valence-corrected chi connectivity index (χ3v) is 0.626. The molecule has 50 valence electrons. The maximum absolute atomic E-state index is 10.1. The molecule has 0 aliphatic heterocycles. The van der Waals surface area contributed by atoms with Gasteiger partial charge in [-0.3, -0.25) is 4.89 Å². The van der Waals surface area contributed by atoms with Crippen LogP contribution in [0.5, 0.6) is 0 Å². The van der Waals surface area contributed by atoms with E-state index in [9.17, 15) is 4.79 Å². The van der Waals surface area contributed by atoms with Crippen LogP contribution in [0.25, 0.3) is 0 Å². The molecule has 0 aliphatic carbocycles. The van der Waals surface area contributed by atoms with E-state index in [1.807, 2.05) is 6.92 Å². The Morgan fingerprint density at radius 3 is 2.67 bits per heavy atom. The summed E-state index contributed by atoms with van der Waals surface area (Å²) in [6.07, 6.45) is 5.98. The molecule has 0 fully saturated rings. The van der Waals surface area contributed by atoms with E-state index in [2.05, 4.69) is 4.89 Å². The SMILES string of the molecule is CC=CC=CC(=O)OO. The van der Waals surface area contributed by atoms with Crippen LogP contribution in [0.2, 0.25) is 0 Å². The van der Waals surface area contributed by atoms with Gasteiger partial charge in [0.1, 0.15) is 0 Å². The molecule has 0 spiro atoms. The van der Waals surface area contributed by atoms with Crippen molar-refractivity contribution in [3.8, 4) is 0 Å². The van der Waals surface area contributed by atoms with E-state index >= 15 is 0 Å². The van der Waals surface area contributed by atoms with E-state index in [-0.39, 0.29) is 0 Å². The number of carbonyl (C=O) groups excluding carboxylic acids is 1. The van der Waals surface area contributed by atoms with Crippen LogP contribution in [0.4, 0.5) is 0 Å². The highest BCUT2D eigenvalue weighted by Crippen LogP contribution is 1.78. The lowest BCUT2D eigenvalue weighted by molar-refractivity contribution is -0.228. The van der Waals surface area contributed by atoms with Crippen molar-refractivity contribution in [1.29, 1.82) is 0 Å². The predicted octanol–water partition coefficient (Wildman–Crippen LogP) is 1.13. The Morgan fingerprint density at radius 2 is 2.22 bits per heavy atom. The Morgan fingerprint density at radius 1 is 1.56 bits per heavy atom. The van der Waals surface area contributed by atoms with Crippen LogP contribution >= 0.6 is 0 Å².